The average Bonchev–Trinajstić information content (AvgIpc) is 2.53. The molecule has 0 atom stereocenters. The van der Waals surface area contributed by atoms with E-state index < -0.39 is 5.76 Å². The molecule has 1 aromatic carbocycles. The highest BCUT2D eigenvalue weighted by atomic mass is 16.4. The lowest BCUT2D eigenvalue weighted by Crippen LogP contribution is -2.07. The fourth-order valence-corrected chi connectivity index (χ4v) is 1.38. The average molecular weight is 206 g/mol. The van der Waals surface area contributed by atoms with Gasteiger partial charge in [-0.3, -0.25) is 4.98 Å². The number of anilines is 1. The van der Waals surface area contributed by atoms with Gasteiger partial charge < -0.3 is 9.73 Å². The third kappa shape index (κ3) is 2.21. The van der Waals surface area contributed by atoms with Gasteiger partial charge in [-0.15, -0.1) is 0 Å². The van der Waals surface area contributed by atoms with Crippen LogP contribution >= 0.6 is 0 Å². The van der Waals surface area contributed by atoms with Crippen molar-refractivity contribution in [2.24, 2.45) is 5.92 Å². The van der Waals surface area contributed by atoms with Crippen LogP contribution < -0.4 is 11.1 Å². The number of aromatic amines is 1. The lowest BCUT2D eigenvalue weighted by Gasteiger charge is -2.08. The van der Waals surface area contributed by atoms with Gasteiger partial charge in [-0.25, -0.2) is 4.79 Å². The molecule has 2 rings (SSSR count). The Kier molecular flexibility index (Phi) is 2.49. The fourth-order valence-electron chi connectivity index (χ4n) is 1.38. The van der Waals surface area contributed by atoms with Crippen LogP contribution in [0.15, 0.2) is 27.4 Å². The van der Waals surface area contributed by atoms with E-state index in [1.165, 1.54) is 0 Å². The Balaban J connectivity index is 2.26. The minimum Gasteiger partial charge on any atom is -0.408 e. The first kappa shape index (κ1) is 9.83. The number of fused-ring (bicyclic) bond motifs is 1. The third-order valence-corrected chi connectivity index (χ3v) is 2.13. The SMILES string of the molecule is CC(C)CNc1ccc2oc(=O)[nH]c2c1. The van der Waals surface area contributed by atoms with Gasteiger partial charge in [0.25, 0.3) is 0 Å². The van der Waals surface area contributed by atoms with Gasteiger partial charge in [0.1, 0.15) is 0 Å². The maximum atomic E-state index is 10.9. The lowest BCUT2D eigenvalue weighted by molar-refractivity contribution is 0.555. The molecule has 0 amide bonds. The summed E-state index contributed by atoms with van der Waals surface area (Å²) in [5.41, 5.74) is 2.32. The molecular weight excluding hydrogens is 192 g/mol. The summed E-state index contributed by atoms with van der Waals surface area (Å²) < 4.78 is 4.91. The number of H-pyrrole nitrogens is 1. The van der Waals surface area contributed by atoms with E-state index in [2.05, 4.69) is 24.1 Å². The van der Waals surface area contributed by atoms with Crippen molar-refractivity contribution in [2.75, 3.05) is 11.9 Å². The summed E-state index contributed by atoms with van der Waals surface area (Å²) >= 11 is 0. The maximum absolute atomic E-state index is 10.9. The molecule has 0 fully saturated rings. The monoisotopic (exact) mass is 206 g/mol. The zero-order valence-corrected chi connectivity index (χ0v) is 8.83. The van der Waals surface area contributed by atoms with Crippen LogP contribution in [0.25, 0.3) is 11.1 Å². The molecule has 0 aliphatic carbocycles. The van der Waals surface area contributed by atoms with E-state index in [0.717, 1.165) is 17.7 Å². The summed E-state index contributed by atoms with van der Waals surface area (Å²) in [4.78, 5) is 13.5. The number of hydrogen-bond acceptors (Lipinski definition) is 3. The first-order valence-corrected chi connectivity index (χ1v) is 5.02. The van der Waals surface area contributed by atoms with Crippen molar-refractivity contribution in [1.82, 2.24) is 4.98 Å². The molecule has 0 bridgehead atoms. The minimum absolute atomic E-state index is 0.411. The van der Waals surface area contributed by atoms with E-state index >= 15 is 0 Å². The summed E-state index contributed by atoms with van der Waals surface area (Å²) in [6.45, 7) is 5.20. The van der Waals surface area contributed by atoms with Crippen LogP contribution in [-0.4, -0.2) is 11.5 Å². The lowest BCUT2D eigenvalue weighted by atomic mass is 10.2. The first-order chi connectivity index (χ1) is 7.15. The second kappa shape index (κ2) is 3.81. The van der Waals surface area contributed by atoms with Crippen LogP contribution in [0.1, 0.15) is 13.8 Å². The van der Waals surface area contributed by atoms with Gasteiger partial charge >= 0.3 is 5.76 Å². The number of oxazole rings is 1. The number of nitrogens with one attached hydrogen (secondary N) is 2. The van der Waals surface area contributed by atoms with Gasteiger partial charge in [0, 0.05) is 12.2 Å². The second-order valence-electron chi connectivity index (χ2n) is 4.00. The number of benzene rings is 1. The summed E-state index contributed by atoms with van der Waals surface area (Å²) in [5.74, 6) is 0.176. The van der Waals surface area contributed by atoms with Gasteiger partial charge in [0.15, 0.2) is 5.58 Å². The van der Waals surface area contributed by atoms with E-state index in [1.54, 1.807) is 6.07 Å². The van der Waals surface area contributed by atoms with Crippen LogP contribution in [0, 0.1) is 5.92 Å². The molecule has 0 spiro atoms. The summed E-state index contributed by atoms with van der Waals surface area (Å²) in [6, 6.07) is 5.57. The van der Waals surface area contributed by atoms with E-state index in [9.17, 15) is 4.79 Å². The first-order valence-electron chi connectivity index (χ1n) is 5.02. The Hall–Kier alpha value is -1.71. The fraction of sp³-hybridized carbons (Fsp3) is 0.364. The van der Waals surface area contributed by atoms with E-state index in [1.807, 2.05) is 12.1 Å². The van der Waals surface area contributed by atoms with E-state index in [-0.39, 0.29) is 0 Å². The molecule has 4 nitrogen and oxygen atoms in total. The van der Waals surface area contributed by atoms with Gasteiger partial charge in [0.2, 0.25) is 0 Å². The normalized spacial score (nSPS) is 11.1. The van der Waals surface area contributed by atoms with Crippen LogP contribution in [0.4, 0.5) is 5.69 Å². The zero-order valence-electron chi connectivity index (χ0n) is 8.83. The molecule has 0 saturated heterocycles. The summed E-state index contributed by atoms with van der Waals surface area (Å²) in [7, 11) is 0. The van der Waals surface area contributed by atoms with Gasteiger partial charge in [-0.1, -0.05) is 13.8 Å². The van der Waals surface area contributed by atoms with Crippen LogP contribution in [0.2, 0.25) is 0 Å². The smallest absolute Gasteiger partial charge is 0.408 e. The largest absolute Gasteiger partial charge is 0.417 e. The molecule has 4 heteroatoms. The van der Waals surface area contributed by atoms with Gasteiger partial charge in [0.05, 0.1) is 5.52 Å². The van der Waals surface area contributed by atoms with Crippen molar-refractivity contribution in [2.45, 2.75) is 13.8 Å². The second-order valence-corrected chi connectivity index (χ2v) is 4.00. The Bertz CT molecular complexity index is 511. The Morgan fingerprint density at radius 1 is 1.47 bits per heavy atom. The highest BCUT2D eigenvalue weighted by molar-refractivity contribution is 5.76. The maximum Gasteiger partial charge on any atom is 0.417 e. The Morgan fingerprint density at radius 2 is 2.27 bits per heavy atom. The number of aromatic nitrogens is 1. The molecule has 0 saturated carbocycles. The molecule has 0 radical (unpaired) electrons. The zero-order chi connectivity index (χ0) is 10.8. The molecule has 2 N–H and O–H groups in total. The van der Waals surface area contributed by atoms with Gasteiger partial charge in [-0.2, -0.15) is 0 Å². The predicted octanol–water partition coefficient (Wildman–Crippen LogP) is 2.19. The molecule has 0 aliphatic heterocycles. The van der Waals surface area contributed by atoms with Gasteiger partial charge in [-0.05, 0) is 24.1 Å². The molecule has 2 aromatic rings. The van der Waals surface area contributed by atoms with Crippen LogP contribution in [0.5, 0.6) is 0 Å². The Labute approximate surface area is 87.3 Å². The number of hydrogen-bond donors (Lipinski definition) is 2. The topological polar surface area (TPSA) is 58.0 Å². The molecule has 15 heavy (non-hydrogen) atoms. The van der Waals surface area contributed by atoms with Crippen LogP contribution in [-0.2, 0) is 0 Å². The molecule has 1 heterocycles. The summed E-state index contributed by atoms with van der Waals surface area (Å²) in [6.07, 6.45) is 0. The molecular formula is C11H14N2O2. The van der Waals surface area contributed by atoms with Crippen molar-refractivity contribution in [3.63, 3.8) is 0 Å². The Morgan fingerprint density at radius 3 is 3.00 bits per heavy atom. The van der Waals surface area contributed by atoms with Crippen molar-refractivity contribution in [1.29, 1.82) is 0 Å². The number of rotatable bonds is 3. The molecule has 1 aromatic heterocycles. The van der Waals surface area contributed by atoms with E-state index in [4.69, 9.17) is 4.42 Å². The molecule has 80 valence electrons. The third-order valence-electron chi connectivity index (χ3n) is 2.13. The van der Waals surface area contributed by atoms with Crippen molar-refractivity contribution >= 4 is 16.8 Å². The van der Waals surface area contributed by atoms with Crippen molar-refractivity contribution in [3.8, 4) is 0 Å². The highest BCUT2D eigenvalue weighted by Crippen LogP contribution is 2.16. The van der Waals surface area contributed by atoms with Crippen molar-refractivity contribution in [3.05, 3.63) is 28.7 Å². The minimum atomic E-state index is -0.411. The van der Waals surface area contributed by atoms with E-state index in [0.29, 0.717) is 11.5 Å². The predicted molar refractivity (Wildman–Crippen MR) is 60.2 cm³/mol. The highest BCUT2D eigenvalue weighted by Gasteiger charge is 2.01. The van der Waals surface area contributed by atoms with Crippen molar-refractivity contribution < 1.29 is 4.42 Å². The quantitative estimate of drug-likeness (QED) is 0.809. The molecule has 0 aliphatic rings. The standard InChI is InChI=1S/C11H14N2O2/c1-7(2)6-12-8-3-4-10-9(5-8)13-11(14)15-10/h3-5,7,12H,6H2,1-2H3,(H,13,14). The van der Waals surface area contributed by atoms with Crippen LogP contribution in [0.3, 0.4) is 0 Å². The summed E-state index contributed by atoms with van der Waals surface area (Å²) in [5, 5.41) is 3.28. The molecule has 0 unspecified atom stereocenters.